The van der Waals surface area contributed by atoms with Gasteiger partial charge in [-0.25, -0.2) is 4.98 Å². The molecular weight excluding hydrogens is 594 g/mol. The number of hydroxylamine groups is 2. The molecule has 4 atom stereocenters. The van der Waals surface area contributed by atoms with Gasteiger partial charge in [0.25, 0.3) is 11.8 Å². The third-order valence-corrected chi connectivity index (χ3v) is 9.66. The van der Waals surface area contributed by atoms with Crippen LogP contribution in [0, 0.1) is 11.3 Å². The standard InChI is InChI=1S/C33H47N5O6S/c1-21(2)16-26-32(43)37-25(18-33(3,4)5)31(42)36(22-12-14-35(19-22)13-6-7-15-39)20-29(37)38(44-26)30(41)11-10-28-34-24-17-23(40)8-9-27(24)45-28/h8-11,17,21-22,25-26,29,39-40H,6-7,12-16,18-20H2,1-5H3/b11-10+/t22-,25+,26-,29+/m1/s1. The molecule has 0 unspecified atom stereocenters. The Morgan fingerprint density at radius 2 is 1.96 bits per heavy atom. The van der Waals surface area contributed by atoms with Crippen molar-refractivity contribution in [3.05, 3.63) is 29.3 Å². The Kier molecular flexibility index (Phi) is 10.2. The Balaban J connectivity index is 1.45. The first kappa shape index (κ1) is 33.3. The summed E-state index contributed by atoms with van der Waals surface area (Å²) in [6.07, 6.45) is 4.73. The zero-order valence-electron chi connectivity index (χ0n) is 27.0. The van der Waals surface area contributed by atoms with E-state index in [-0.39, 0.29) is 48.1 Å². The zero-order chi connectivity index (χ0) is 32.5. The number of amides is 3. The number of rotatable bonds is 10. The van der Waals surface area contributed by atoms with E-state index in [1.54, 1.807) is 29.2 Å². The lowest BCUT2D eigenvalue weighted by molar-refractivity contribution is -0.275. The Bertz CT molecular complexity index is 1420. The number of aromatic hydroxyl groups is 1. The van der Waals surface area contributed by atoms with E-state index in [0.717, 1.165) is 43.6 Å². The first-order chi connectivity index (χ1) is 21.3. The number of fused-ring (bicyclic) bond motifs is 2. The molecule has 0 bridgehead atoms. The highest BCUT2D eigenvalue weighted by atomic mass is 32.1. The molecule has 5 rings (SSSR count). The van der Waals surface area contributed by atoms with Crippen molar-refractivity contribution in [1.82, 2.24) is 24.7 Å². The minimum atomic E-state index is -0.876. The van der Waals surface area contributed by atoms with Crippen LogP contribution < -0.4 is 0 Å². The van der Waals surface area contributed by atoms with E-state index >= 15 is 0 Å². The van der Waals surface area contributed by atoms with Crippen molar-refractivity contribution in [2.75, 3.05) is 32.8 Å². The summed E-state index contributed by atoms with van der Waals surface area (Å²) in [5.41, 5.74) is 0.394. The topological polar surface area (TPSA) is 127 Å². The van der Waals surface area contributed by atoms with Crippen LogP contribution in [0.3, 0.4) is 0 Å². The summed E-state index contributed by atoms with van der Waals surface area (Å²) < 4.78 is 0.885. The van der Waals surface area contributed by atoms with Gasteiger partial charge in [-0.2, -0.15) is 5.06 Å². The molecule has 3 aliphatic heterocycles. The van der Waals surface area contributed by atoms with Gasteiger partial charge in [0.05, 0.1) is 16.8 Å². The molecule has 4 heterocycles. The predicted octanol–water partition coefficient (Wildman–Crippen LogP) is 3.85. The van der Waals surface area contributed by atoms with Gasteiger partial charge in [0, 0.05) is 37.9 Å². The Labute approximate surface area is 269 Å². The van der Waals surface area contributed by atoms with Crippen molar-refractivity contribution in [3.63, 3.8) is 0 Å². The maximum Gasteiger partial charge on any atom is 0.272 e. The quantitative estimate of drug-likeness (QED) is 0.296. The maximum absolute atomic E-state index is 14.3. The van der Waals surface area contributed by atoms with Crippen LogP contribution >= 0.6 is 11.3 Å². The van der Waals surface area contributed by atoms with Gasteiger partial charge >= 0.3 is 0 Å². The number of aliphatic hydroxyl groups is 1. The molecule has 11 nitrogen and oxygen atoms in total. The Morgan fingerprint density at radius 1 is 1.18 bits per heavy atom. The summed E-state index contributed by atoms with van der Waals surface area (Å²) in [5, 5.41) is 20.9. The molecule has 0 radical (unpaired) electrons. The Hall–Kier alpha value is -3.06. The highest BCUT2D eigenvalue weighted by molar-refractivity contribution is 7.19. The number of aromatic nitrogens is 1. The minimum absolute atomic E-state index is 0.0357. The lowest BCUT2D eigenvalue weighted by Crippen LogP contribution is -2.74. The number of unbranched alkanes of at least 4 members (excludes halogenated alkanes) is 1. The van der Waals surface area contributed by atoms with Crippen molar-refractivity contribution in [1.29, 1.82) is 0 Å². The summed E-state index contributed by atoms with van der Waals surface area (Å²) in [4.78, 5) is 58.9. The molecule has 3 aliphatic rings. The van der Waals surface area contributed by atoms with Crippen LogP contribution in [0.5, 0.6) is 5.75 Å². The number of thiazole rings is 1. The minimum Gasteiger partial charge on any atom is -0.508 e. The van der Waals surface area contributed by atoms with Crippen LogP contribution in [0.15, 0.2) is 24.3 Å². The average Bonchev–Trinajstić information content (AvgIpc) is 3.60. The number of hydrogen-bond acceptors (Lipinski definition) is 9. The van der Waals surface area contributed by atoms with Crippen molar-refractivity contribution in [3.8, 4) is 5.75 Å². The van der Waals surface area contributed by atoms with Crippen molar-refractivity contribution < 1.29 is 29.4 Å². The van der Waals surface area contributed by atoms with Gasteiger partial charge in [0.2, 0.25) is 5.91 Å². The first-order valence-corrected chi connectivity index (χ1v) is 16.9. The number of aliphatic hydroxyl groups excluding tert-OH is 1. The summed E-state index contributed by atoms with van der Waals surface area (Å²) >= 11 is 1.40. The number of phenols is 1. The van der Waals surface area contributed by atoms with Gasteiger partial charge in [0.15, 0.2) is 12.3 Å². The largest absolute Gasteiger partial charge is 0.508 e. The van der Waals surface area contributed by atoms with E-state index in [4.69, 9.17) is 4.84 Å². The molecule has 3 amide bonds. The number of nitrogens with zero attached hydrogens (tertiary/aromatic N) is 5. The number of hydrogen-bond donors (Lipinski definition) is 2. The lowest BCUT2D eigenvalue weighted by Gasteiger charge is -2.54. The number of benzene rings is 1. The van der Waals surface area contributed by atoms with E-state index in [1.165, 1.54) is 22.5 Å². The van der Waals surface area contributed by atoms with Crippen LogP contribution in [-0.2, 0) is 19.2 Å². The molecule has 246 valence electrons. The number of carbonyl (C=O) groups is 3. The van der Waals surface area contributed by atoms with Gasteiger partial charge in [0.1, 0.15) is 16.8 Å². The molecule has 1 aromatic heterocycles. The van der Waals surface area contributed by atoms with Gasteiger partial charge in [-0.3, -0.25) is 19.2 Å². The van der Waals surface area contributed by atoms with Gasteiger partial charge in [-0.1, -0.05) is 34.6 Å². The van der Waals surface area contributed by atoms with Gasteiger partial charge < -0.3 is 24.9 Å². The van der Waals surface area contributed by atoms with Crippen LogP contribution in [0.4, 0.5) is 0 Å². The van der Waals surface area contributed by atoms with Gasteiger partial charge in [-0.15, -0.1) is 11.3 Å². The molecule has 0 spiro atoms. The maximum atomic E-state index is 14.3. The molecule has 2 aromatic rings. The van der Waals surface area contributed by atoms with Crippen LogP contribution in [0.1, 0.15) is 71.7 Å². The first-order valence-electron chi connectivity index (χ1n) is 16.1. The molecule has 2 N–H and O–H groups in total. The smallest absolute Gasteiger partial charge is 0.272 e. The molecule has 0 aliphatic carbocycles. The molecule has 0 saturated carbocycles. The van der Waals surface area contributed by atoms with Crippen LogP contribution in [0.25, 0.3) is 16.3 Å². The second-order valence-corrected chi connectivity index (χ2v) is 15.2. The number of carbonyl (C=O) groups excluding carboxylic acids is 3. The average molecular weight is 642 g/mol. The Morgan fingerprint density at radius 3 is 2.67 bits per heavy atom. The number of phenolic OH excluding ortho intramolecular Hbond substituents is 1. The van der Waals surface area contributed by atoms with E-state index in [0.29, 0.717) is 23.4 Å². The summed E-state index contributed by atoms with van der Waals surface area (Å²) in [6, 6.07) is 4.22. The molecule has 3 fully saturated rings. The SMILES string of the molecule is CC(C)C[C@H]1ON(C(=O)/C=C/c2nc3cc(O)ccc3s2)[C@H]2CN([C@@H]3CCN(CCCCO)C3)C(=O)[C@H](CC(C)(C)C)N2C1=O. The molecule has 45 heavy (non-hydrogen) atoms. The fourth-order valence-corrected chi connectivity index (χ4v) is 7.43. The van der Waals surface area contributed by atoms with Gasteiger partial charge in [-0.05, 0) is 68.2 Å². The van der Waals surface area contributed by atoms with E-state index in [1.807, 2.05) is 18.7 Å². The normalized spacial score (nSPS) is 24.9. The molecule has 12 heteroatoms. The molecule has 1 aromatic carbocycles. The number of likely N-dealkylation sites (tertiary alicyclic amines) is 1. The second-order valence-electron chi connectivity index (χ2n) is 14.1. The monoisotopic (exact) mass is 641 g/mol. The van der Waals surface area contributed by atoms with E-state index < -0.39 is 24.2 Å². The highest BCUT2D eigenvalue weighted by Crippen LogP contribution is 2.36. The summed E-state index contributed by atoms with van der Waals surface area (Å²) in [7, 11) is 0. The summed E-state index contributed by atoms with van der Waals surface area (Å²) in [5.74, 6) is -0.474. The molecular formula is C33H47N5O6S. The fraction of sp³-hybridized carbons (Fsp3) is 0.636. The zero-order valence-corrected chi connectivity index (χ0v) is 27.8. The van der Waals surface area contributed by atoms with Crippen molar-refractivity contribution in [2.45, 2.75) is 91.1 Å². The van der Waals surface area contributed by atoms with E-state index in [2.05, 4.69) is 30.7 Å². The van der Waals surface area contributed by atoms with Crippen LogP contribution in [0.2, 0.25) is 0 Å². The number of piperazine rings is 1. The van der Waals surface area contributed by atoms with Crippen LogP contribution in [-0.4, -0.2) is 110 Å². The van der Waals surface area contributed by atoms with Crippen molar-refractivity contribution >= 4 is 45.4 Å². The predicted molar refractivity (Wildman–Crippen MR) is 173 cm³/mol. The highest BCUT2D eigenvalue weighted by Gasteiger charge is 2.54. The summed E-state index contributed by atoms with van der Waals surface area (Å²) in [6.45, 7) is 13.0. The van der Waals surface area contributed by atoms with Crippen molar-refractivity contribution in [2.24, 2.45) is 11.3 Å². The third kappa shape index (κ3) is 7.67. The molecule has 3 saturated heterocycles. The fourth-order valence-electron chi connectivity index (χ4n) is 6.58. The van der Waals surface area contributed by atoms with E-state index in [9.17, 15) is 24.6 Å². The lowest BCUT2D eigenvalue weighted by atomic mass is 9.85. The third-order valence-electron chi connectivity index (χ3n) is 8.66. The second kappa shape index (κ2) is 13.7.